The van der Waals surface area contributed by atoms with Gasteiger partial charge >= 0.3 is 5.97 Å². The number of hydrogen-bond acceptors (Lipinski definition) is 9. The smallest absolute Gasteiger partial charge is 0.379 e. The predicted octanol–water partition coefficient (Wildman–Crippen LogP) is 2.37. The Morgan fingerprint density at radius 1 is 1.17 bits per heavy atom. The summed E-state index contributed by atoms with van der Waals surface area (Å²) in [5.41, 5.74) is 0.660. The van der Waals surface area contributed by atoms with Gasteiger partial charge in [0.1, 0.15) is 10.8 Å². The highest BCUT2D eigenvalue weighted by atomic mass is 32.2. The summed E-state index contributed by atoms with van der Waals surface area (Å²) in [5.74, 6) is -1.02. The van der Waals surface area contributed by atoms with E-state index in [4.69, 9.17) is 19.3 Å². The third-order valence-electron chi connectivity index (χ3n) is 5.29. The van der Waals surface area contributed by atoms with Gasteiger partial charge in [-0.1, -0.05) is 12.1 Å². The number of morpholine rings is 1. The Labute approximate surface area is 203 Å². The normalized spacial score (nSPS) is 18.9. The van der Waals surface area contributed by atoms with Crippen molar-refractivity contribution in [2.75, 3.05) is 26.3 Å². The number of fused-ring (bicyclic) bond motifs is 1. The summed E-state index contributed by atoms with van der Waals surface area (Å²) < 4.78 is 15.5. The number of aliphatic imine (C=N–C) groups is 1. The monoisotopic (exact) mass is 493 g/mol. The highest BCUT2D eigenvalue weighted by Crippen LogP contribution is 2.30. The van der Waals surface area contributed by atoms with E-state index in [0.29, 0.717) is 42.7 Å². The molecule has 2 amide bonds. The molecule has 1 N–H and O–H groups in total. The van der Waals surface area contributed by atoms with Crippen LogP contribution in [-0.2, 0) is 14.3 Å². The Hall–Kier alpha value is -4.03. The van der Waals surface area contributed by atoms with Crippen LogP contribution in [0.25, 0.3) is 6.08 Å². The summed E-state index contributed by atoms with van der Waals surface area (Å²) in [6.07, 6.45) is 2.96. The summed E-state index contributed by atoms with van der Waals surface area (Å²) >= 11 is 1.11. The first kappa shape index (κ1) is 22.7. The van der Waals surface area contributed by atoms with Gasteiger partial charge in [0.25, 0.3) is 5.91 Å². The van der Waals surface area contributed by atoms with Gasteiger partial charge in [-0.3, -0.25) is 15.0 Å². The molecular weight excluding hydrogens is 474 g/mol. The van der Waals surface area contributed by atoms with E-state index in [1.165, 1.54) is 23.4 Å². The van der Waals surface area contributed by atoms with Crippen LogP contribution in [-0.4, -0.2) is 70.0 Å². The molecule has 0 aliphatic carbocycles. The van der Waals surface area contributed by atoms with Gasteiger partial charge in [0.05, 0.1) is 31.5 Å². The average molecular weight is 494 g/mol. The molecule has 5 rings (SSSR count). The number of furan rings is 1. The number of carbonyl (C=O) groups excluding carboxylic acids is 3. The van der Waals surface area contributed by atoms with Gasteiger partial charge in [-0.05, 0) is 47.7 Å². The van der Waals surface area contributed by atoms with Crippen molar-refractivity contribution >= 4 is 51.7 Å². The minimum Gasteiger partial charge on any atom is -0.457 e. The quantitative estimate of drug-likeness (QED) is 0.381. The van der Waals surface area contributed by atoms with E-state index in [-0.39, 0.29) is 34.7 Å². The molecule has 1 fully saturated rings. The lowest BCUT2D eigenvalue weighted by molar-refractivity contribution is -0.133. The second kappa shape index (κ2) is 9.68. The topological polar surface area (TPSA) is 138 Å². The van der Waals surface area contributed by atoms with E-state index in [0.717, 1.165) is 11.8 Å². The number of rotatable bonds is 5. The zero-order valence-corrected chi connectivity index (χ0v) is 19.1. The Kier molecular flexibility index (Phi) is 6.29. The molecule has 3 aliphatic heterocycles. The second-order valence-electron chi connectivity index (χ2n) is 7.62. The molecule has 1 aromatic heterocycles. The fourth-order valence-corrected chi connectivity index (χ4v) is 4.38. The summed E-state index contributed by atoms with van der Waals surface area (Å²) in [6, 6.07) is 9.51. The molecular formula is C23H19N5O6S. The van der Waals surface area contributed by atoms with Gasteiger partial charge in [0.2, 0.25) is 16.8 Å². The molecule has 0 bridgehead atoms. The number of ether oxygens (including phenoxy) is 2. The van der Waals surface area contributed by atoms with Crippen molar-refractivity contribution in [3.05, 3.63) is 59.6 Å². The molecule has 11 nitrogen and oxygen atoms in total. The maximum atomic E-state index is 12.6. The van der Waals surface area contributed by atoms with Crippen LogP contribution in [0.3, 0.4) is 0 Å². The van der Waals surface area contributed by atoms with Gasteiger partial charge in [-0.15, -0.1) is 0 Å². The molecule has 12 heteroatoms. The first-order valence-corrected chi connectivity index (χ1v) is 11.5. The van der Waals surface area contributed by atoms with Crippen LogP contribution in [0.2, 0.25) is 0 Å². The number of benzene rings is 1. The maximum absolute atomic E-state index is 12.6. The zero-order chi connectivity index (χ0) is 24.4. The second-order valence-corrected chi connectivity index (χ2v) is 8.66. The third kappa shape index (κ3) is 4.93. The van der Waals surface area contributed by atoms with Crippen LogP contribution >= 0.6 is 11.8 Å². The average Bonchev–Trinajstić information content (AvgIpc) is 3.54. The first-order chi connectivity index (χ1) is 17.0. The van der Waals surface area contributed by atoms with E-state index < -0.39 is 11.9 Å². The molecule has 0 unspecified atom stereocenters. The van der Waals surface area contributed by atoms with Crippen LogP contribution in [0, 0.1) is 5.41 Å². The largest absolute Gasteiger partial charge is 0.457 e. The SMILES string of the molecule is N=C1C(=Cc2ccc(OC(=O)c3ccco3)cc2)C(=O)N=C2SC(CC(=O)N3CCOCC3)=NN12. The number of nitrogens with one attached hydrogen (secondary N) is 1. The highest BCUT2D eigenvalue weighted by Gasteiger charge is 2.36. The molecule has 0 atom stereocenters. The van der Waals surface area contributed by atoms with Crippen LogP contribution in [0.1, 0.15) is 22.5 Å². The Bertz CT molecular complexity index is 1280. The molecule has 178 valence electrons. The van der Waals surface area contributed by atoms with Crippen molar-refractivity contribution in [1.82, 2.24) is 9.91 Å². The van der Waals surface area contributed by atoms with Crippen molar-refractivity contribution in [3.8, 4) is 5.75 Å². The Morgan fingerprint density at radius 2 is 1.94 bits per heavy atom. The molecule has 1 saturated heterocycles. The number of esters is 1. The van der Waals surface area contributed by atoms with Gasteiger partial charge in [0.15, 0.2) is 5.84 Å². The summed E-state index contributed by atoms with van der Waals surface area (Å²) in [5, 5.41) is 14.8. The van der Waals surface area contributed by atoms with E-state index in [1.807, 2.05) is 0 Å². The highest BCUT2D eigenvalue weighted by molar-refractivity contribution is 8.27. The lowest BCUT2D eigenvalue weighted by Crippen LogP contribution is -2.41. The zero-order valence-electron chi connectivity index (χ0n) is 18.3. The van der Waals surface area contributed by atoms with E-state index in [2.05, 4.69) is 10.1 Å². The molecule has 0 radical (unpaired) electrons. The molecule has 0 saturated carbocycles. The van der Waals surface area contributed by atoms with Crippen LogP contribution in [0.5, 0.6) is 5.75 Å². The number of amides is 2. The summed E-state index contributed by atoms with van der Waals surface area (Å²) in [7, 11) is 0. The Morgan fingerprint density at radius 3 is 2.66 bits per heavy atom. The van der Waals surface area contributed by atoms with Crippen molar-refractivity contribution in [3.63, 3.8) is 0 Å². The Balaban J connectivity index is 1.27. The van der Waals surface area contributed by atoms with Gasteiger partial charge in [0, 0.05) is 13.1 Å². The minimum atomic E-state index is -0.625. The first-order valence-electron chi connectivity index (χ1n) is 10.7. The fraction of sp³-hybridized carbons (Fsp3) is 0.217. The predicted molar refractivity (Wildman–Crippen MR) is 127 cm³/mol. The molecule has 1 aromatic carbocycles. The number of hydrogen-bond donors (Lipinski definition) is 1. The lowest BCUT2D eigenvalue weighted by Gasteiger charge is -2.26. The third-order valence-corrected chi connectivity index (χ3v) is 6.20. The molecule has 4 heterocycles. The molecule has 0 spiro atoms. The molecule has 35 heavy (non-hydrogen) atoms. The number of hydrazone groups is 1. The van der Waals surface area contributed by atoms with Crippen molar-refractivity contribution in [2.24, 2.45) is 10.1 Å². The van der Waals surface area contributed by atoms with Gasteiger partial charge < -0.3 is 18.8 Å². The van der Waals surface area contributed by atoms with Crippen molar-refractivity contribution in [2.45, 2.75) is 6.42 Å². The van der Waals surface area contributed by atoms with E-state index in [9.17, 15) is 14.4 Å². The van der Waals surface area contributed by atoms with Crippen LogP contribution < -0.4 is 4.74 Å². The minimum absolute atomic E-state index is 0.0548. The van der Waals surface area contributed by atoms with Gasteiger partial charge in [-0.25, -0.2) is 4.79 Å². The molecule has 3 aliphatic rings. The summed E-state index contributed by atoms with van der Waals surface area (Å²) in [6.45, 7) is 2.07. The van der Waals surface area contributed by atoms with Crippen molar-refractivity contribution < 1.29 is 28.3 Å². The van der Waals surface area contributed by atoms with Crippen LogP contribution in [0.4, 0.5) is 0 Å². The molecule has 2 aromatic rings. The number of amidine groups is 2. The maximum Gasteiger partial charge on any atom is 0.379 e. The summed E-state index contributed by atoms with van der Waals surface area (Å²) in [4.78, 5) is 42.9. The number of nitrogens with zero attached hydrogens (tertiary/aromatic N) is 4. The standard InChI is InChI=1S/C23H19N5O6S/c24-20-16(12-14-3-5-15(6-4-14)34-22(31)17-2-1-9-33-17)21(30)25-23-28(20)26-18(35-23)13-19(29)27-7-10-32-11-8-27/h1-6,9,12,24H,7-8,10-11,13H2. The lowest BCUT2D eigenvalue weighted by atomic mass is 10.1. The van der Waals surface area contributed by atoms with E-state index in [1.54, 1.807) is 35.2 Å². The van der Waals surface area contributed by atoms with E-state index >= 15 is 0 Å². The number of carbonyl (C=O) groups is 3. The van der Waals surface area contributed by atoms with Crippen LogP contribution in [0.15, 0.2) is 62.7 Å². The van der Waals surface area contributed by atoms with Crippen molar-refractivity contribution in [1.29, 1.82) is 5.41 Å². The fourth-order valence-electron chi connectivity index (χ4n) is 3.51. The number of thioether (sulfide) groups is 1. The van der Waals surface area contributed by atoms with Gasteiger partial charge in [-0.2, -0.15) is 15.1 Å².